The summed E-state index contributed by atoms with van der Waals surface area (Å²) in [6.45, 7) is 7.94. The van der Waals surface area contributed by atoms with Crippen molar-refractivity contribution in [3.8, 4) is 5.75 Å². The lowest BCUT2D eigenvalue weighted by atomic mass is 9.86. The van der Waals surface area contributed by atoms with Gasteiger partial charge in [0.15, 0.2) is 11.1 Å². The van der Waals surface area contributed by atoms with Crippen molar-refractivity contribution < 1.29 is 13.5 Å². The molecular formula is C12H18O3S. The molecule has 1 unspecified atom stereocenters. The number of aryl methyl sites for hydroxylation is 1. The van der Waals surface area contributed by atoms with Gasteiger partial charge in [-0.15, -0.1) is 0 Å². The second-order valence-corrected chi connectivity index (χ2v) is 5.76. The molecule has 0 aromatic heterocycles. The molecule has 0 spiro atoms. The van der Waals surface area contributed by atoms with E-state index in [1.54, 1.807) is 20.1 Å². The van der Waals surface area contributed by atoms with E-state index in [1.807, 2.05) is 26.8 Å². The lowest BCUT2D eigenvalue weighted by Gasteiger charge is -2.23. The van der Waals surface area contributed by atoms with Gasteiger partial charge in [-0.3, -0.25) is 0 Å². The van der Waals surface area contributed by atoms with Gasteiger partial charge in [-0.1, -0.05) is 20.8 Å². The highest BCUT2D eigenvalue weighted by molar-refractivity contribution is 7.79. The number of benzene rings is 1. The van der Waals surface area contributed by atoms with Crippen molar-refractivity contribution in [2.75, 3.05) is 7.11 Å². The molecule has 3 nitrogen and oxygen atoms in total. The van der Waals surface area contributed by atoms with Crippen LogP contribution in [0.1, 0.15) is 31.9 Å². The van der Waals surface area contributed by atoms with Gasteiger partial charge in [0.2, 0.25) is 0 Å². The molecule has 1 atom stereocenters. The summed E-state index contributed by atoms with van der Waals surface area (Å²) < 4.78 is 25.7. The summed E-state index contributed by atoms with van der Waals surface area (Å²) in [6.07, 6.45) is 0. The van der Waals surface area contributed by atoms with E-state index >= 15 is 0 Å². The van der Waals surface area contributed by atoms with E-state index < -0.39 is 11.1 Å². The molecular weight excluding hydrogens is 224 g/mol. The zero-order chi connectivity index (χ0) is 12.5. The van der Waals surface area contributed by atoms with E-state index in [0.29, 0.717) is 4.90 Å². The summed E-state index contributed by atoms with van der Waals surface area (Å²) in [6, 6.07) is 3.56. The van der Waals surface area contributed by atoms with Gasteiger partial charge in [0.05, 0.1) is 12.0 Å². The quantitative estimate of drug-likeness (QED) is 0.811. The Morgan fingerprint density at radius 1 is 1.31 bits per heavy atom. The first-order valence-electron chi connectivity index (χ1n) is 5.07. The summed E-state index contributed by atoms with van der Waals surface area (Å²) in [5, 5.41) is 0. The smallest absolute Gasteiger partial charge is 0.186 e. The summed E-state index contributed by atoms with van der Waals surface area (Å²) in [5.74, 6) is 0.763. The average molecular weight is 242 g/mol. The van der Waals surface area contributed by atoms with Crippen LogP contribution in [0.25, 0.3) is 0 Å². The van der Waals surface area contributed by atoms with E-state index in [2.05, 4.69) is 0 Å². The van der Waals surface area contributed by atoms with Crippen LogP contribution in [0.15, 0.2) is 17.0 Å². The van der Waals surface area contributed by atoms with E-state index in [4.69, 9.17) is 4.74 Å². The highest BCUT2D eigenvalue weighted by Gasteiger charge is 2.21. The average Bonchev–Trinajstić information content (AvgIpc) is 2.14. The van der Waals surface area contributed by atoms with Crippen LogP contribution in [0.3, 0.4) is 0 Å². The molecule has 16 heavy (non-hydrogen) atoms. The number of rotatable bonds is 2. The fourth-order valence-corrected chi connectivity index (χ4v) is 2.16. The van der Waals surface area contributed by atoms with Crippen LogP contribution < -0.4 is 4.74 Å². The highest BCUT2D eigenvalue weighted by atomic mass is 32.2. The minimum atomic E-state index is -1.95. The number of ether oxygens (including phenoxy) is 1. The molecule has 0 aliphatic rings. The normalized spacial score (nSPS) is 13.6. The van der Waals surface area contributed by atoms with E-state index in [1.165, 1.54) is 0 Å². The Morgan fingerprint density at radius 2 is 1.88 bits per heavy atom. The monoisotopic (exact) mass is 242 g/mol. The first-order valence-corrected chi connectivity index (χ1v) is 6.18. The van der Waals surface area contributed by atoms with Crippen molar-refractivity contribution in [1.29, 1.82) is 0 Å². The Morgan fingerprint density at radius 3 is 2.25 bits per heavy atom. The largest absolute Gasteiger partial charge is 0.496 e. The van der Waals surface area contributed by atoms with Gasteiger partial charge in [0.1, 0.15) is 5.75 Å². The van der Waals surface area contributed by atoms with Crippen molar-refractivity contribution in [2.45, 2.75) is 38.0 Å². The minimum Gasteiger partial charge on any atom is -0.496 e. The van der Waals surface area contributed by atoms with Crippen LogP contribution in [0, 0.1) is 6.92 Å². The van der Waals surface area contributed by atoms with E-state index in [9.17, 15) is 8.76 Å². The topological polar surface area (TPSA) is 46.5 Å². The lowest BCUT2D eigenvalue weighted by Crippen LogP contribution is -2.14. The van der Waals surface area contributed by atoms with Gasteiger partial charge in [0, 0.05) is 5.56 Å². The maximum Gasteiger partial charge on any atom is 0.186 e. The van der Waals surface area contributed by atoms with Gasteiger partial charge >= 0.3 is 0 Å². The zero-order valence-electron chi connectivity index (χ0n) is 10.3. The second kappa shape index (κ2) is 4.55. The maximum absolute atomic E-state index is 11.2. The summed E-state index contributed by atoms with van der Waals surface area (Å²) in [4.78, 5) is 0.450. The molecule has 0 amide bonds. The van der Waals surface area contributed by atoms with Crippen LogP contribution in [0.4, 0.5) is 0 Å². The van der Waals surface area contributed by atoms with Crippen LogP contribution in [0.5, 0.6) is 5.75 Å². The molecule has 1 aromatic rings. The van der Waals surface area contributed by atoms with Gasteiger partial charge in [-0.05, 0) is 30.0 Å². The molecule has 0 heterocycles. The number of methoxy groups -OCH3 is 1. The van der Waals surface area contributed by atoms with Crippen molar-refractivity contribution in [1.82, 2.24) is 0 Å². The molecule has 0 fully saturated rings. The third-order valence-electron chi connectivity index (χ3n) is 2.49. The van der Waals surface area contributed by atoms with Gasteiger partial charge in [0.25, 0.3) is 0 Å². The Bertz CT molecular complexity index is 419. The van der Waals surface area contributed by atoms with Crippen LogP contribution in [-0.2, 0) is 16.5 Å². The van der Waals surface area contributed by atoms with Gasteiger partial charge in [-0.2, -0.15) is 0 Å². The van der Waals surface area contributed by atoms with Crippen LogP contribution >= 0.6 is 0 Å². The van der Waals surface area contributed by atoms with E-state index in [0.717, 1.165) is 16.9 Å². The zero-order valence-corrected chi connectivity index (χ0v) is 11.1. The Kier molecular flexibility index (Phi) is 3.76. The molecule has 4 heteroatoms. The predicted molar refractivity (Wildman–Crippen MR) is 65.5 cm³/mol. The number of hydrogen-bond acceptors (Lipinski definition) is 2. The van der Waals surface area contributed by atoms with Crippen LogP contribution in [-0.4, -0.2) is 15.9 Å². The molecule has 1 rings (SSSR count). The van der Waals surface area contributed by atoms with Crippen molar-refractivity contribution in [2.24, 2.45) is 0 Å². The molecule has 0 saturated heterocycles. The van der Waals surface area contributed by atoms with Gasteiger partial charge < -0.3 is 9.29 Å². The Labute approximate surface area is 99.1 Å². The molecule has 0 saturated carbocycles. The molecule has 90 valence electrons. The molecule has 1 N–H and O–H groups in total. The minimum absolute atomic E-state index is 0.118. The van der Waals surface area contributed by atoms with Crippen molar-refractivity contribution in [3.63, 3.8) is 0 Å². The molecule has 0 aliphatic carbocycles. The highest BCUT2D eigenvalue weighted by Crippen LogP contribution is 2.34. The third kappa shape index (κ3) is 2.62. The predicted octanol–water partition coefficient (Wildman–Crippen LogP) is 2.88. The summed E-state index contributed by atoms with van der Waals surface area (Å²) in [5.41, 5.74) is 1.59. The lowest BCUT2D eigenvalue weighted by molar-refractivity contribution is 0.396. The van der Waals surface area contributed by atoms with E-state index in [-0.39, 0.29) is 5.41 Å². The maximum atomic E-state index is 11.2. The Hall–Kier alpha value is -0.870. The molecule has 0 aliphatic heterocycles. The molecule has 0 radical (unpaired) electrons. The Balaban J connectivity index is 3.47. The van der Waals surface area contributed by atoms with Crippen molar-refractivity contribution >= 4 is 11.1 Å². The third-order valence-corrected chi connectivity index (χ3v) is 3.31. The fraction of sp³-hybridized carbons (Fsp3) is 0.500. The first-order chi connectivity index (χ1) is 7.27. The van der Waals surface area contributed by atoms with Crippen molar-refractivity contribution in [3.05, 3.63) is 23.3 Å². The second-order valence-electron chi connectivity index (χ2n) is 4.82. The molecule has 1 aromatic carbocycles. The van der Waals surface area contributed by atoms with Crippen LogP contribution in [0.2, 0.25) is 0 Å². The number of hydrogen-bond donors (Lipinski definition) is 1. The summed E-state index contributed by atoms with van der Waals surface area (Å²) in [7, 11) is 1.61. The fourth-order valence-electron chi connectivity index (χ4n) is 1.60. The standard InChI is InChI=1S/C12H18O3S/c1-8-6-10(15-5)9(12(2,3)4)7-11(8)16(13)14/h6-7H,1-5H3,(H,13,14). The SMILES string of the molecule is COc1cc(C)c(S(=O)O)cc1C(C)(C)C. The molecule has 0 bridgehead atoms. The van der Waals surface area contributed by atoms with Gasteiger partial charge in [-0.25, -0.2) is 4.21 Å². The summed E-state index contributed by atoms with van der Waals surface area (Å²) >= 11 is -1.95. The first kappa shape index (κ1) is 13.2.